The molecular weight excluding hydrogens is 366 g/mol. The number of rotatable bonds is 4. The number of amides is 1. The number of nitrogens with zero attached hydrogens (tertiary/aromatic N) is 2. The first-order valence-corrected chi connectivity index (χ1v) is 9.50. The molecule has 6 heteroatoms. The Bertz CT molecular complexity index is 1080. The van der Waals surface area contributed by atoms with Crippen molar-refractivity contribution in [2.75, 3.05) is 6.61 Å². The topological polar surface area (TPSA) is 64.9 Å². The molecule has 6 nitrogen and oxygen atoms in total. The van der Waals surface area contributed by atoms with Gasteiger partial charge in [-0.1, -0.05) is 24.3 Å². The SMILES string of the molecule is Cc1cccc(-n2c(C)cc(/C=N\NC(=O)[C@H]3COc4ccccc4O3)c2C)c1. The predicted molar refractivity (Wildman–Crippen MR) is 112 cm³/mol. The van der Waals surface area contributed by atoms with Gasteiger partial charge in [0.15, 0.2) is 11.5 Å². The minimum absolute atomic E-state index is 0.153. The number of carbonyl (C=O) groups excluding carboxylic acids is 1. The van der Waals surface area contributed by atoms with Gasteiger partial charge >= 0.3 is 0 Å². The van der Waals surface area contributed by atoms with E-state index in [0.29, 0.717) is 11.5 Å². The molecule has 1 N–H and O–H groups in total. The molecule has 0 radical (unpaired) electrons. The van der Waals surface area contributed by atoms with Crippen molar-refractivity contribution in [1.82, 2.24) is 9.99 Å². The van der Waals surface area contributed by atoms with Crippen molar-refractivity contribution >= 4 is 12.1 Å². The zero-order valence-electron chi connectivity index (χ0n) is 16.7. The molecule has 0 saturated heterocycles. The zero-order valence-corrected chi connectivity index (χ0v) is 16.7. The van der Waals surface area contributed by atoms with E-state index in [9.17, 15) is 4.79 Å². The smallest absolute Gasteiger partial charge is 0.284 e. The number of para-hydroxylation sites is 2. The first-order chi connectivity index (χ1) is 14.0. The Hall–Kier alpha value is -3.54. The number of hydrazone groups is 1. The third-order valence-electron chi connectivity index (χ3n) is 4.91. The van der Waals surface area contributed by atoms with Crippen LogP contribution in [0.4, 0.5) is 0 Å². The fraction of sp³-hybridized carbons (Fsp3) is 0.217. The number of aryl methyl sites for hydroxylation is 2. The quantitative estimate of drug-likeness (QED) is 0.547. The van der Waals surface area contributed by atoms with Gasteiger partial charge in [-0.05, 0) is 56.7 Å². The minimum Gasteiger partial charge on any atom is -0.485 e. The molecule has 0 saturated carbocycles. The molecule has 1 aliphatic heterocycles. The van der Waals surface area contributed by atoms with E-state index in [4.69, 9.17) is 9.47 Å². The zero-order chi connectivity index (χ0) is 20.4. The van der Waals surface area contributed by atoms with Crippen LogP contribution in [0.3, 0.4) is 0 Å². The number of ether oxygens (including phenoxy) is 2. The van der Waals surface area contributed by atoms with Crippen LogP contribution in [0.5, 0.6) is 11.5 Å². The fourth-order valence-electron chi connectivity index (χ4n) is 3.47. The lowest BCUT2D eigenvalue weighted by Gasteiger charge is -2.24. The Morgan fingerprint density at radius 3 is 2.69 bits per heavy atom. The maximum absolute atomic E-state index is 12.4. The highest BCUT2D eigenvalue weighted by Crippen LogP contribution is 2.30. The summed E-state index contributed by atoms with van der Waals surface area (Å²) in [6.07, 6.45) is 0.922. The maximum Gasteiger partial charge on any atom is 0.284 e. The number of carbonyl (C=O) groups is 1. The van der Waals surface area contributed by atoms with Gasteiger partial charge in [0, 0.05) is 22.6 Å². The van der Waals surface area contributed by atoms with E-state index >= 15 is 0 Å². The number of aromatic nitrogens is 1. The third kappa shape index (κ3) is 3.87. The molecule has 1 amide bonds. The fourth-order valence-corrected chi connectivity index (χ4v) is 3.47. The lowest BCUT2D eigenvalue weighted by Crippen LogP contribution is -2.42. The Morgan fingerprint density at radius 1 is 1.10 bits per heavy atom. The van der Waals surface area contributed by atoms with Crippen LogP contribution in [0.15, 0.2) is 59.7 Å². The second kappa shape index (κ2) is 7.83. The lowest BCUT2D eigenvalue weighted by molar-refractivity contribution is -0.130. The molecule has 3 aromatic rings. The molecule has 148 valence electrons. The van der Waals surface area contributed by atoms with E-state index in [1.807, 2.05) is 37.3 Å². The first kappa shape index (κ1) is 18.8. The van der Waals surface area contributed by atoms with E-state index < -0.39 is 6.10 Å². The summed E-state index contributed by atoms with van der Waals surface area (Å²) < 4.78 is 13.4. The van der Waals surface area contributed by atoms with Crippen LogP contribution >= 0.6 is 0 Å². The van der Waals surface area contributed by atoms with Crippen molar-refractivity contribution in [2.45, 2.75) is 26.9 Å². The normalized spacial score (nSPS) is 15.5. The average Bonchev–Trinajstić information content (AvgIpc) is 3.00. The summed E-state index contributed by atoms with van der Waals surface area (Å²) in [5.41, 5.74) is 7.95. The van der Waals surface area contributed by atoms with Crippen LogP contribution in [0, 0.1) is 20.8 Å². The van der Waals surface area contributed by atoms with Gasteiger partial charge < -0.3 is 14.0 Å². The number of hydrogen-bond acceptors (Lipinski definition) is 4. The Morgan fingerprint density at radius 2 is 1.90 bits per heavy atom. The molecule has 1 aromatic heterocycles. The molecular formula is C23H23N3O3. The van der Waals surface area contributed by atoms with Crippen molar-refractivity contribution in [2.24, 2.45) is 5.10 Å². The monoisotopic (exact) mass is 389 g/mol. The second-order valence-electron chi connectivity index (χ2n) is 7.10. The first-order valence-electron chi connectivity index (χ1n) is 9.50. The van der Waals surface area contributed by atoms with Crippen molar-refractivity contribution in [1.29, 1.82) is 0 Å². The Kier molecular flexibility index (Phi) is 5.08. The van der Waals surface area contributed by atoms with E-state index in [0.717, 1.165) is 22.6 Å². The summed E-state index contributed by atoms with van der Waals surface area (Å²) in [5.74, 6) is 0.858. The van der Waals surface area contributed by atoms with E-state index in [-0.39, 0.29) is 12.5 Å². The van der Waals surface area contributed by atoms with Gasteiger partial charge in [-0.2, -0.15) is 5.10 Å². The van der Waals surface area contributed by atoms with Gasteiger partial charge in [-0.15, -0.1) is 0 Å². The summed E-state index contributed by atoms with van der Waals surface area (Å²) >= 11 is 0. The lowest BCUT2D eigenvalue weighted by atomic mass is 10.2. The highest BCUT2D eigenvalue weighted by Gasteiger charge is 2.27. The second-order valence-corrected chi connectivity index (χ2v) is 7.10. The van der Waals surface area contributed by atoms with Gasteiger partial charge in [0.1, 0.15) is 6.61 Å². The summed E-state index contributed by atoms with van der Waals surface area (Å²) in [5, 5.41) is 4.13. The summed E-state index contributed by atoms with van der Waals surface area (Å²) in [7, 11) is 0. The molecule has 2 heterocycles. The van der Waals surface area contributed by atoms with Gasteiger partial charge in [-0.25, -0.2) is 5.43 Å². The van der Waals surface area contributed by atoms with E-state index in [1.54, 1.807) is 12.3 Å². The maximum atomic E-state index is 12.4. The summed E-state index contributed by atoms with van der Waals surface area (Å²) in [4.78, 5) is 12.4. The standard InChI is InChI=1S/C23H23N3O3/c1-15-7-6-8-19(11-15)26-16(2)12-18(17(26)3)13-24-25-23(27)22-14-28-20-9-4-5-10-21(20)29-22/h4-13,22H,14H2,1-3H3,(H,25,27)/b24-13-/t22-/m1/s1. The third-order valence-corrected chi connectivity index (χ3v) is 4.91. The van der Waals surface area contributed by atoms with Crippen LogP contribution in [0.2, 0.25) is 0 Å². The molecule has 4 rings (SSSR count). The van der Waals surface area contributed by atoms with E-state index in [2.05, 4.69) is 47.1 Å². The number of fused-ring (bicyclic) bond motifs is 1. The summed E-state index contributed by atoms with van der Waals surface area (Å²) in [6, 6.07) is 17.7. The van der Waals surface area contributed by atoms with Crippen molar-refractivity contribution in [3.63, 3.8) is 0 Å². The number of nitrogens with one attached hydrogen (secondary N) is 1. The number of benzene rings is 2. The van der Waals surface area contributed by atoms with Crippen LogP contribution in [-0.4, -0.2) is 29.4 Å². The molecule has 2 aromatic carbocycles. The van der Waals surface area contributed by atoms with Crippen LogP contribution in [0.25, 0.3) is 5.69 Å². The van der Waals surface area contributed by atoms with Gasteiger partial charge in [0.05, 0.1) is 6.21 Å². The molecule has 1 atom stereocenters. The van der Waals surface area contributed by atoms with E-state index in [1.165, 1.54) is 5.56 Å². The van der Waals surface area contributed by atoms with Gasteiger partial charge in [-0.3, -0.25) is 4.79 Å². The van der Waals surface area contributed by atoms with Gasteiger partial charge in [0.25, 0.3) is 5.91 Å². The average molecular weight is 389 g/mol. The predicted octanol–water partition coefficient (Wildman–Crippen LogP) is 3.69. The molecule has 1 aliphatic rings. The molecule has 0 spiro atoms. The van der Waals surface area contributed by atoms with Crippen molar-refractivity contribution in [3.8, 4) is 17.2 Å². The Balaban J connectivity index is 1.45. The van der Waals surface area contributed by atoms with Crippen LogP contribution < -0.4 is 14.9 Å². The summed E-state index contributed by atoms with van der Waals surface area (Å²) in [6.45, 7) is 6.31. The Labute approximate surface area is 169 Å². The van der Waals surface area contributed by atoms with Crippen LogP contribution in [0.1, 0.15) is 22.5 Å². The van der Waals surface area contributed by atoms with Gasteiger partial charge in [0.2, 0.25) is 6.10 Å². The molecule has 29 heavy (non-hydrogen) atoms. The van der Waals surface area contributed by atoms with Crippen molar-refractivity contribution < 1.29 is 14.3 Å². The minimum atomic E-state index is -0.734. The molecule has 0 unspecified atom stereocenters. The number of hydrogen-bond donors (Lipinski definition) is 1. The van der Waals surface area contributed by atoms with Crippen molar-refractivity contribution in [3.05, 3.63) is 77.1 Å². The molecule has 0 aliphatic carbocycles. The molecule has 0 bridgehead atoms. The molecule has 0 fully saturated rings. The largest absolute Gasteiger partial charge is 0.485 e. The highest BCUT2D eigenvalue weighted by atomic mass is 16.6. The highest BCUT2D eigenvalue weighted by molar-refractivity contribution is 5.86. The van der Waals surface area contributed by atoms with Crippen LogP contribution in [-0.2, 0) is 4.79 Å².